The number of rotatable bonds is 6. The van der Waals surface area contributed by atoms with Gasteiger partial charge in [0.1, 0.15) is 5.60 Å². The summed E-state index contributed by atoms with van der Waals surface area (Å²) in [5.74, 6) is -0.374. The van der Waals surface area contributed by atoms with Crippen LogP contribution in [0.1, 0.15) is 33.3 Å². The molecule has 0 radical (unpaired) electrons. The Balaban J connectivity index is 1.78. The molecular formula is C18H24N2O6. The maximum atomic E-state index is 11.7. The van der Waals surface area contributed by atoms with E-state index in [2.05, 4.69) is 10.6 Å². The van der Waals surface area contributed by atoms with E-state index in [-0.39, 0.29) is 18.2 Å². The molecule has 8 heteroatoms. The molecule has 0 aliphatic carbocycles. The number of hydrogen-bond acceptors (Lipinski definition) is 6. The van der Waals surface area contributed by atoms with Crippen LogP contribution in [-0.2, 0) is 20.7 Å². The van der Waals surface area contributed by atoms with E-state index in [1.807, 2.05) is 26.0 Å². The first-order valence-corrected chi connectivity index (χ1v) is 8.36. The van der Waals surface area contributed by atoms with Gasteiger partial charge in [0.15, 0.2) is 24.7 Å². The first-order chi connectivity index (χ1) is 12.2. The summed E-state index contributed by atoms with van der Waals surface area (Å²) in [4.78, 5) is 34.6. The van der Waals surface area contributed by atoms with Crippen LogP contribution in [-0.4, -0.2) is 42.8 Å². The van der Waals surface area contributed by atoms with Crippen LogP contribution in [0.3, 0.4) is 0 Å². The van der Waals surface area contributed by atoms with Crippen LogP contribution in [0.4, 0.5) is 4.79 Å². The average Bonchev–Trinajstić information content (AvgIpc) is 2.84. The van der Waals surface area contributed by atoms with Crippen LogP contribution >= 0.6 is 0 Å². The van der Waals surface area contributed by atoms with Gasteiger partial charge in [-0.05, 0) is 33.8 Å². The van der Waals surface area contributed by atoms with Gasteiger partial charge >= 0.3 is 12.0 Å². The van der Waals surface area contributed by atoms with Gasteiger partial charge in [-0.1, -0.05) is 12.1 Å². The molecule has 0 bridgehead atoms. The third-order valence-corrected chi connectivity index (χ3v) is 3.44. The van der Waals surface area contributed by atoms with Crippen molar-refractivity contribution < 1.29 is 28.6 Å². The van der Waals surface area contributed by atoms with Crippen molar-refractivity contribution in [3.63, 3.8) is 0 Å². The van der Waals surface area contributed by atoms with Gasteiger partial charge < -0.3 is 19.5 Å². The molecule has 1 aliphatic heterocycles. The number of fused-ring (bicyclic) bond motifs is 1. The van der Waals surface area contributed by atoms with Crippen molar-refractivity contribution in [2.24, 2.45) is 0 Å². The quantitative estimate of drug-likeness (QED) is 0.743. The normalized spacial score (nSPS) is 14.2. The smallest absolute Gasteiger partial charge is 0.344 e. The van der Waals surface area contributed by atoms with Crippen molar-refractivity contribution in [2.75, 3.05) is 13.2 Å². The fraction of sp³-hybridized carbons (Fsp3) is 0.500. The summed E-state index contributed by atoms with van der Waals surface area (Å²) in [6, 6.07) is 4.72. The van der Waals surface area contributed by atoms with Crippen LogP contribution in [0.2, 0.25) is 0 Å². The maximum Gasteiger partial charge on any atom is 0.344 e. The van der Waals surface area contributed by atoms with Crippen molar-refractivity contribution >= 4 is 17.9 Å². The van der Waals surface area contributed by atoms with Crippen molar-refractivity contribution in [1.82, 2.24) is 10.6 Å². The van der Waals surface area contributed by atoms with Crippen molar-refractivity contribution in [3.05, 3.63) is 23.8 Å². The number of para-hydroxylation sites is 1. The number of nitrogens with one attached hydrogen (secondary N) is 2. The molecule has 1 aromatic carbocycles. The first kappa shape index (κ1) is 19.6. The average molecular weight is 364 g/mol. The zero-order valence-corrected chi connectivity index (χ0v) is 15.4. The molecule has 2 N–H and O–H groups in total. The minimum Gasteiger partial charge on any atom is -0.483 e. The Hall–Kier alpha value is -2.77. The molecule has 1 aliphatic rings. The highest BCUT2D eigenvalue weighted by atomic mass is 16.6. The van der Waals surface area contributed by atoms with E-state index in [1.165, 1.54) is 0 Å². The molecule has 1 aromatic rings. The molecule has 142 valence electrons. The molecule has 0 fully saturated rings. The highest BCUT2D eigenvalue weighted by Crippen LogP contribution is 2.41. The second-order valence-corrected chi connectivity index (χ2v) is 6.91. The Morgan fingerprint density at radius 2 is 1.96 bits per heavy atom. The number of urea groups is 1. The Morgan fingerprint density at radius 3 is 2.65 bits per heavy atom. The Labute approximate surface area is 152 Å². The third kappa shape index (κ3) is 5.65. The molecule has 0 spiro atoms. The van der Waals surface area contributed by atoms with E-state index >= 15 is 0 Å². The number of imide groups is 1. The van der Waals surface area contributed by atoms with Gasteiger partial charge in [0, 0.05) is 18.0 Å². The number of esters is 1. The number of carbonyl (C=O) groups excluding carboxylic acids is 3. The van der Waals surface area contributed by atoms with E-state index in [1.54, 1.807) is 19.9 Å². The van der Waals surface area contributed by atoms with Crippen LogP contribution in [0, 0.1) is 0 Å². The lowest BCUT2D eigenvalue weighted by Crippen LogP contribution is -2.44. The number of carbonyl (C=O) groups is 3. The molecule has 26 heavy (non-hydrogen) atoms. The predicted molar refractivity (Wildman–Crippen MR) is 93.1 cm³/mol. The zero-order valence-electron chi connectivity index (χ0n) is 15.4. The largest absolute Gasteiger partial charge is 0.483 e. The molecule has 0 unspecified atom stereocenters. The standard InChI is InChI=1S/C18H24N2O6/c1-11(2)19-17(23)20-14(21)9-25-15(22)10-24-13-7-5-6-12-8-18(3,4)26-16(12)13/h5-7,11H,8-10H2,1-4H3,(H2,19,20,21,23). The van der Waals surface area contributed by atoms with Crippen LogP contribution in [0.5, 0.6) is 11.5 Å². The minimum atomic E-state index is -0.723. The zero-order chi connectivity index (χ0) is 19.3. The molecule has 0 aromatic heterocycles. The number of amides is 3. The molecule has 0 saturated heterocycles. The topological polar surface area (TPSA) is 103 Å². The lowest BCUT2D eigenvalue weighted by atomic mass is 10.0. The number of ether oxygens (including phenoxy) is 3. The van der Waals surface area contributed by atoms with E-state index in [9.17, 15) is 14.4 Å². The minimum absolute atomic E-state index is 0.112. The van der Waals surface area contributed by atoms with E-state index in [0.29, 0.717) is 11.5 Å². The van der Waals surface area contributed by atoms with Gasteiger partial charge in [-0.15, -0.1) is 0 Å². The second-order valence-electron chi connectivity index (χ2n) is 6.91. The molecule has 8 nitrogen and oxygen atoms in total. The van der Waals surface area contributed by atoms with Crippen molar-refractivity contribution in [2.45, 2.75) is 45.8 Å². The van der Waals surface area contributed by atoms with Crippen LogP contribution in [0.15, 0.2) is 18.2 Å². The first-order valence-electron chi connectivity index (χ1n) is 8.36. The molecule has 2 rings (SSSR count). The summed E-state index contributed by atoms with van der Waals surface area (Å²) in [5, 5.41) is 4.54. The lowest BCUT2D eigenvalue weighted by Gasteiger charge is -2.18. The maximum absolute atomic E-state index is 11.7. The third-order valence-electron chi connectivity index (χ3n) is 3.44. The van der Waals surface area contributed by atoms with E-state index in [4.69, 9.17) is 14.2 Å². The van der Waals surface area contributed by atoms with E-state index in [0.717, 1.165) is 12.0 Å². The van der Waals surface area contributed by atoms with Crippen molar-refractivity contribution in [1.29, 1.82) is 0 Å². The molecular weight excluding hydrogens is 340 g/mol. The molecule has 0 saturated carbocycles. The van der Waals surface area contributed by atoms with Crippen LogP contribution in [0.25, 0.3) is 0 Å². The van der Waals surface area contributed by atoms with Gasteiger partial charge in [0.25, 0.3) is 5.91 Å². The Bertz CT molecular complexity index is 699. The van der Waals surface area contributed by atoms with Gasteiger partial charge in [-0.2, -0.15) is 0 Å². The summed E-state index contributed by atoms with van der Waals surface area (Å²) in [6.45, 7) is 6.52. The van der Waals surface area contributed by atoms with Gasteiger partial charge in [-0.25, -0.2) is 9.59 Å². The predicted octanol–water partition coefficient (Wildman–Crippen LogP) is 1.56. The highest BCUT2D eigenvalue weighted by Gasteiger charge is 2.32. The summed E-state index contributed by atoms with van der Waals surface area (Å²) >= 11 is 0. The highest BCUT2D eigenvalue weighted by molar-refractivity contribution is 5.95. The monoisotopic (exact) mass is 364 g/mol. The van der Waals surface area contributed by atoms with Crippen LogP contribution < -0.4 is 20.1 Å². The molecule has 1 heterocycles. The van der Waals surface area contributed by atoms with E-state index < -0.39 is 24.5 Å². The van der Waals surface area contributed by atoms with Crippen molar-refractivity contribution in [3.8, 4) is 11.5 Å². The fourth-order valence-electron chi connectivity index (χ4n) is 2.49. The summed E-state index contributed by atoms with van der Waals surface area (Å²) in [5.41, 5.74) is 0.688. The summed E-state index contributed by atoms with van der Waals surface area (Å²) < 4.78 is 16.1. The Morgan fingerprint density at radius 1 is 1.23 bits per heavy atom. The number of benzene rings is 1. The Kier molecular flexibility index (Phi) is 6.07. The lowest BCUT2D eigenvalue weighted by molar-refractivity contribution is -0.150. The summed E-state index contributed by atoms with van der Waals surface area (Å²) in [7, 11) is 0. The number of hydrogen-bond donors (Lipinski definition) is 2. The second kappa shape index (κ2) is 8.07. The van der Waals surface area contributed by atoms with Gasteiger partial charge in [0.2, 0.25) is 0 Å². The van der Waals surface area contributed by atoms with Gasteiger partial charge in [0.05, 0.1) is 0 Å². The summed E-state index contributed by atoms with van der Waals surface area (Å²) in [6.07, 6.45) is 0.753. The fourth-order valence-corrected chi connectivity index (χ4v) is 2.49. The molecule has 0 atom stereocenters. The molecule has 3 amide bonds. The van der Waals surface area contributed by atoms with Gasteiger partial charge in [-0.3, -0.25) is 10.1 Å². The SMILES string of the molecule is CC(C)NC(=O)NC(=O)COC(=O)COc1cccc2c1OC(C)(C)C2.